The first kappa shape index (κ1) is 17.2. The van der Waals surface area contributed by atoms with Gasteiger partial charge in [-0.1, -0.05) is 20.8 Å². The molecule has 0 amide bonds. The van der Waals surface area contributed by atoms with Crippen molar-refractivity contribution < 1.29 is 5.11 Å². The zero-order chi connectivity index (χ0) is 16.3. The maximum atomic E-state index is 9.82. The number of nitrogens with one attached hydrogen (secondary N) is 1. The lowest BCUT2D eigenvalue weighted by Gasteiger charge is -2.25. The molecule has 4 nitrogen and oxygen atoms in total. The number of aryl methyl sites for hydroxylation is 1. The second kappa shape index (κ2) is 6.94. The molecule has 2 aromatic heterocycles. The minimum absolute atomic E-state index is 0.0428. The van der Waals surface area contributed by atoms with Crippen LogP contribution in [0.25, 0.3) is 0 Å². The molecule has 2 N–H and O–H groups in total. The van der Waals surface area contributed by atoms with Gasteiger partial charge in [0.1, 0.15) is 0 Å². The summed E-state index contributed by atoms with van der Waals surface area (Å²) in [6.07, 6.45) is 1.57. The molecule has 0 saturated carbocycles. The van der Waals surface area contributed by atoms with Crippen LogP contribution in [0.1, 0.15) is 49.4 Å². The summed E-state index contributed by atoms with van der Waals surface area (Å²) in [7, 11) is 0. The van der Waals surface area contributed by atoms with E-state index in [4.69, 9.17) is 0 Å². The molecule has 5 heteroatoms. The fourth-order valence-electron chi connectivity index (χ4n) is 2.65. The molecule has 0 aliphatic carbocycles. The van der Waals surface area contributed by atoms with E-state index in [0.717, 1.165) is 13.1 Å². The van der Waals surface area contributed by atoms with Crippen LogP contribution in [-0.2, 0) is 18.5 Å². The van der Waals surface area contributed by atoms with Gasteiger partial charge in [0.15, 0.2) is 0 Å². The summed E-state index contributed by atoms with van der Waals surface area (Å²) in [6, 6.07) is 2.15. The highest BCUT2D eigenvalue weighted by Crippen LogP contribution is 2.25. The van der Waals surface area contributed by atoms with E-state index in [2.05, 4.69) is 54.2 Å². The van der Waals surface area contributed by atoms with E-state index in [1.807, 2.05) is 13.1 Å². The molecule has 0 spiro atoms. The Labute approximate surface area is 137 Å². The number of aliphatic hydroxyl groups is 1. The Bertz CT molecular complexity index is 595. The summed E-state index contributed by atoms with van der Waals surface area (Å²) < 4.78 is 0. The number of aliphatic hydroxyl groups excluding tert-OH is 1. The van der Waals surface area contributed by atoms with Gasteiger partial charge in [0.25, 0.3) is 0 Å². The van der Waals surface area contributed by atoms with Gasteiger partial charge in [0.2, 0.25) is 0 Å². The number of hydrogen-bond acceptors (Lipinski definition) is 4. The third-order valence-corrected chi connectivity index (χ3v) is 4.73. The highest BCUT2D eigenvalue weighted by atomic mass is 32.1. The number of hydrogen-bond donors (Lipinski definition) is 2. The quantitative estimate of drug-likeness (QED) is 0.856. The number of aromatic amines is 1. The maximum absolute atomic E-state index is 9.82. The van der Waals surface area contributed by atoms with E-state index >= 15 is 0 Å². The van der Waals surface area contributed by atoms with Gasteiger partial charge in [-0.3, -0.25) is 10.00 Å². The van der Waals surface area contributed by atoms with Crippen molar-refractivity contribution in [1.29, 1.82) is 0 Å². The predicted octanol–water partition coefficient (Wildman–Crippen LogP) is 3.46. The van der Waals surface area contributed by atoms with E-state index in [1.165, 1.54) is 21.7 Å². The number of thiophene rings is 1. The lowest BCUT2D eigenvalue weighted by atomic mass is 9.89. The predicted molar refractivity (Wildman–Crippen MR) is 92.1 cm³/mol. The van der Waals surface area contributed by atoms with Crippen LogP contribution in [-0.4, -0.2) is 32.9 Å². The molecule has 0 saturated heterocycles. The Morgan fingerprint density at radius 1 is 1.36 bits per heavy atom. The molecule has 2 heterocycles. The SMILES string of the molecule is Cc1ccsc1CN(Cc1cn[nH]c1C(C)(C)C)CC(C)O. The van der Waals surface area contributed by atoms with E-state index < -0.39 is 0 Å². The van der Waals surface area contributed by atoms with Gasteiger partial charge < -0.3 is 5.11 Å². The van der Waals surface area contributed by atoms with Gasteiger partial charge in [-0.25, -0.2) is 0 Å². The Kier molecular flexibility index (Phi) is 5.42. The Morgan fingerprint density at radius 3 is 2.64 bits per heavy atom. The van der Waals surface area contributed by atoms with Crippen LogP contribution in [0.4, 0.5) is 0 Å². The molecule has 0 aromatic carbocycles. The van der Waals surface area contributed by atoms with Crippen LogP contribution < -0.4 is 0 Å². The second-order valence-electron chi connectivity index (χ2n) is 7.07. The molecule has 1 unspecified atom stereocenters. The Balaban J connectivity index is 2.17. The van der Waals surface area contributed by atoms with Gasteiger partial charge in [-0.2, -0.15) is 5.10 Å². The molecule has 0 bridgehead atoms. The average Bonchev–Trinajstić information content (AvgIpc) is 2.98. The largest absolute Gasteiger partial charge is 0.392 e. The topological polar surface area (TPSA) is 52.2 Å². The molecule has 0 fully saturated rings. The van der Waals surface area contributed by atoms with Crippen molar-refractivity contribution in [3.05, 3.63) is 39.3 Å². The monoisotopic (exact) mass is 321 g/mol. The van der Waals surface area contributed by atoms with Crippen LogP contribution >= 0.6 is 11.3 Å². The van der Waals surface area contributed by atoms with Crippen molar-refractivity contribution in [2.75, 3.05) is 6.54 Å². The first-order valence-electron chi connectivity index (χ1n) is 7.73. The summed E-state index contributed by atoms with van der Waals surface area (Å²) in [5.41, 5.74) is 3.75. The highest BCUT2D eigenvalue weighted by molar-refractivity contribution is 7.10. The summed E-state index contributed by atoms with van der Waals surface area (Å²) >= 11 is 1.78. The number of rotatable bonds is 6. The van der Waals surface area contributed by atoms with Crippen LogP contribution in [0.15, 0.2) is 17.6 Å². The van der Waals surface area contributed by atoms with E-state index in [0.29, 0.717) is 6.54 Å². The lowest BCUT2D eigenvalue weighted by molar-refractivity contribution is 0.118. The first-order chi connectivity index (χ1) is 10.3. The molecule has 122 valence electrons. The van der Waals surface area contributed by atoms with Crippen LogP contribution in [0.2, 0.25) is 0 Å². The smallest absolute Gasteiger partial charge is 0.0639 e. The third-order valence-electron chi connectivity index (χ3n) is 3.72. The van der Waals surface area contributed by atoms with E-state index in [1.54, 1.807) is 11.3 Å². The summed E-state index contributed by atoms with van der Waals surface area (Å²) in [4.78, 5) is 3.66. The van der Waals surface area contributed by atoms with E-state index in [9.17, 15) is 5.11 Å². The number of aromatic nitrogens is 2. The van der Waals surface area contributed by atoms with E-state index in [-0.39, 0.29) is 11.5 Å². The van der Waals surface area contributed by atoms with Gasteiger partial charge >= 0.3 is 0 Å². The zero-order valence-corrected chi connectivity index (χ0v) is 15.0. The lowest BCUT2D eigenvalue weighted by Crippen LogP contribution is -2.31. The van der Waals surface area contributed by atoms with Crippen LogP contribution in [0, 0.1) is 6.92 Å². The molecular weight excluding hydrogens is 294 g/mol. The van der Waals surface area contributed by atoms with Crippen molar-refractivity contribution in [2.45, 2.75) is 59.2 Å². The fraction of sp³-hybridized carbons (Fsp3) is 0.588. The highest BCUT2D eigenvalue weighted by Gasteiger charge is 2.22. The average molecular weight is 321 g/mol. The Hall–Kier alpha value is -1.17. The van der Waals surface area contributed by atoms with Crippen molar-refractivity contribution >= 4 is 11.3 Å². The fourth-order valence-corrected chi connectivity index (χ4v) is 3.60. The summed E-state index contributed by atoms with van der Waals surface area (Å²) in [6.45, 7) is 12.9. The summed E-state index contributed by atoms with van der Waals surface area (Å²) in [5, 5.41) is 19.3. The molecule has 22 heavy (non-hydrogen) atoms. The van der Waals surface area contributed by atoms with Crippen molar-refractivity contribution in [1.82, 2.24) is 15.1 Å². The zero-order valence-electron chi connectivity index (χ0n) is 14.2. The standard InChI is InChI=1S/C17H27N3OS/c1-12-6-7-22-15(12)11-20(9-13(2)21)10-14-8-18-19-16(14)17(3,4)5/h6-8,13,21H,9-11H2,1-5H3,(H,18,19). The summed E-state index contributed by atoms with van der Waals surface area (Å²) in [5.74, 6) is 0. The van der Waals surface area contributed by atoms with Crippen molar-refractivity contribution in [2.24, 2.45) is 0 Å². The molecule has 0 aliphatic rings. The minimum atomic E-state index is -0.342. The second-order valence-corrected chi connectivity index (χ2v) is 8.07. The van der Waals surface area contributed by atoms with Crippen molar-refractivity contribution in [3.63, 3.8) is 0 Å². The first-order valence-corrected chi connectivity index (χ1v) is 8.61. The molecule has 2 rings (SSSR count). The van der Waals surface area contributed by atoms with Crippen molar-refractivity contribution in [3.8, 4) is 0 Å². The number of nitrogens with zero attached hydrogens (tertiary/aromatic N) is 2. The number of H-pyrrole nitrogens is 1. The minimum Gasteiger partial charge on any atom is -0.392 e. The third kappa shape index (κ3) is 4.41. The van der Waals surface area contributed by atoms with Crippen LogP contribution in [0.5, 0.6) is 0 Å². The molecular formula is C17H27N3OS. The van der Waals surface area contributed by atoms with Gasteiger partial charge in [-0.05, 0) is 30.9 Å². The maximum Gasteiger partial charge on any atom is 0.0639 e. The van der Waals surface area contributed by atoms with Gasteiger partial charge in [0, 0.05) is 41.2 Å². The molecule has 2 aromatic rings. The Morgan fingerprint density at radius 2 is 2.09 bits per heavy atom. The van der Waals surface area contributed by atoms with Crippen LogP contribution in [0.3, 0.4) is 0 Å². The molecule has 0 radical (unpaired) electrons. The molecule has 1 atom stereocenters. The van der Waals surface area contributed by atoms with Gasteiger partial charge in [0.05, 0.1) is 12.3 Å². The molecule has 0 aliphatic heterocycles. The normalized spacial score (nSPS) is 13.8. The van der Waals surface area contributed by atoms with Gasteiger partial charge in [-0.15, -0.1) is 11.3 Å².